The summed E-state index contributed by atoms with van der Waals surface area (Å²) in [7, 11) is 4.11. The Morgan fingerprint density at radius 2 is 2.00 bits per heavy atom. The third kappa shape index (κ3) is 4.57. The molecule has 4 nitrogen and oxygen atoms in total. The molecule has 1 fully saturated rings. The molecule has 1 atom stereocenters. The quantitative estimate of drug-likeness (QED) is 0.626. The summed E-state index contributed by atoms with van der Waals surface area (Å²) in [6.45, 7) is 5.71. The first kappa shape index (κ1) is 10.9. The molecule has 1 unspecified atom stereocenters. The largest absolute Gasteiger partial charge is 0.379 e. The molecule has 0 saturated carbocycles. The lowest BCUT2D eigenvalue weighted by Gasteiger charge is -2.29. The lowest BCUT2D eigenvalue weighted by atomic mass is 10.2. The van der Waals surface area contributed by atoms with Crippen LogP contribution >= 0.6 is 0 Å². The van der Waals surface area contributed by atoms with Gasteiger partial charge in [-0.25, -0.2) is 0 Å². The normalized spacial score (nSPS) is 22.2. The van der Waals surface area contributed by atoms with Crippen LogP contribution < -0.4 is 5.73 Å². The molecule has 1 aliphatic rings. The van der Waals surface area contributed by atoms with E-state index >= 15 is 0 Å². The fourth-order valence-corrected chi connectivity index (χ4v) is 1.64. The minimum atomic E-state index is 0.257. The van der Waals surface area contributed by atoms with E-state index in [1.54, 1.807) is 0 Å². The van der Waals surface area contributed by atoms with Crippen molar-refractivity contribution in [2.24, 2.45) is 5.73 Å². The van der Waals surface area contributed by atoms with Gasteiger partial charge in [0.05, 0.1) is 13.2 Å². The van der Waals surface area contributed by atoms with Gasteiger partial charge < -0.3 is 15.4 Å². The molecule has 0 radical (unpaired) electrons. The SMILES string of the molecule is CN(C)CC(N)CN1CCOCC1. The van der Waals surface area contributed by atoms with Crippen molar-refractivity contribution in [2.75, 3.05) is 53.5 Å². The maximum absolute atomic E-state index is 5.98. The van der Waals surface area contributed by atoms with Crippen LogP contribution in [0.5, 0.6) is 0 Å². The van der Waals surface area contributed by atoms with E-state index in [-0.39, 0.29) is 6.04 Å². The van der Waals surface area contributed by atoms with E-state index in [4.69, 9.17) is 10.5 Å². The highest BCUT2D eigenvalue weighted by Gasteiger charge is 2.13. The zero-order valence-corrected chi connectivity index (χ0v) is 8.70. The summed E-state index contributed by atoms with van der Waals surface area (Å²) >= 11 is 0. The Morgan fingerprint density at radius 1 is 1.38 bits per heavy atom. The third-order valence-electron chi connectivity index (χ3n) is 2.20. The van der Waals surface area contributed by atoms with Gasteiger partial charge in [0.2, 0.25) is 0 Å². The molecule has 1 heterocycles. The maximum atomic E-state index is 5.98. The van der Waals surface area contributed by atoms with E-state index in [0.717, 1.165) is 39.4 Å². The summed E-state index contributed by atoms with van der Waals surface area (Å²) < 4.78 is 5.27. The van der Waals surface area contributed by atoms with Crippen molar-refractivity contribution < 1.29 is 4.74 Å². The summed E-state index contributed by atoms with van der Waals surface area (Å²) in [4.78, 5) is 4.50. The number of morpholine rings is 1. The van der Waals surface area contributed by atoms with Crippen molar-refractivity contribution in [3.63, 3.8) is 0 Å². The Labute approximate surface area is 80.6 Å². The Kier molecular flexibility index (Phi) is 4.66. The molecule has 1 rings (SSSR count). The second kappa shape index (κ2) is 5.54. The molecule has 2 N–H and O–H groups in total. The van der Waals surface area contributed by atoms with Gasteiger partial charge in [-0.1, -0.05) is 0 Å². The van der Waals surface area contributed by atoms with Crippen molar-refractivity contribution in [3.05, 3.63) is 0 Å². The maximum Gasteiger partial charge on any atom is 0.0594 e. The monoisotopic (exact) mass is 187 g/mol. The molecule has 1 aliphatic heterocycles. The van der Waals surface area contributed by atoms with E-state index in [0.29, 0.717) is 0 Å². The number of likely N-dealkylation sites (N-methyl/N-ethyl adjacent to an activating group) is 1. The first-order chi connectivity index (χ1) is 6.18. The van der Waals surface area contributed by atoms with Gasteiger partial charge in [-0.3, -0.25) is 4.90 Å². The molecule has 13 heavy (non-hydrogen) atoms. The van der Waals surface area contributed by atoms with Crippen LogP contribution in [0.25, 0.3) is 0 Å². The number of ether oxygens (including phenoxy) is 1. The van der Waals surface area contributed by atoms with Gasteiger partial charge in [0.25, 0.3) is 0 Å². The summed E-state index contributed by atoms with van der Waals surface area (Å²) in [6.07, 6.45) is 0. The van der Waals surface area contributed by atoms with Crippen LogP contribution in [0.3, 0.4) is 0 Å². The van der Waals surface area contributed by atoms with Gasteiger partial charge >= 0.3 is 0 Å². The zero-order chi connectivity index (χ0) is 9.68. The number of nitrogens with zero attached hydrogens (tertiary/aromatic N) is 2. The lowest BCUT2D eigenvalue weighted by molar-refractivity contribution is 0.0343. The molecule has 4 heteroatoms. The predicted molar refractivity (Wildman–Crippen MR) is 53.8 cm³/mol. The summed E-state index contributed by atoms with van der Waals surface area (Å²) in [6, 6.07) is 0.257. The fourth-order valence-electron chi connectivity index (χ4n) is 1.64. The molecule has 0 amide bonds. The topological polar surface area (TPSA) is 41.7 Å². The van der Waals surface area contributed by atoms with Crippen molar-refractivity contribution >= 4 is 0 Å². The van der Waals surface area contributed by atoms with Crippen LogP contribution in [0.2, 0.25) is 0 Å². The van der Waals surface area contributed by atoms with Crippen molar-refractivity contribution in [2.45, 2.75) is 6.04 Å². The lowest BCUT2D eigenvalue weighted by Crippen LogP contribution is -2.47. The summed E-state index contributed by atoms with van der Waals surface area (Å²) in [5, 5.41) is 0. The zero-order valence-electron chi connectivity index (χ0n) is 8.70. The summed E-state index contributed by atoms with van der Waals surface area (Å²) in [5.41, 5.74) is 5.98. The van der Waals surface area contributed by atoms with Crippen molar-refractivity contribution in [1.82, 2.24) is 9.80 Å². The second-order valence-corrected chi connectivity index (χ2v) is 3.94. The van der Waals surface area contributed by atoms with E-state index in [2.05, 4.69) is 23.9 Å². The first-order valence-electron chi connectivity index (χ1n) is 4.89. The molecule has 0 aromatic carbocycles. The molecule has 0 bridgehead atoms. The second-order valence-electron chi connectivity index (χ2n) is 3.94. The molecular weight excluding hydrogens is 166 g/mol. The Balaban J connectivity index is 2.14. The van der Waals surface area contributed by atoms with Crippen LogP contribution in [-0.4, -0.2) is 69.3 Å². The molecular formula is C9H21N3O. The Morgan fingerprint density at radius 3 is 2.54 bits per heavy atom. The first-order valence-corrected chi connectivity index (χ1v) is 4.89. The van der Waals surface area contributed by atoms with Gasteiger partial charge in [0.1, 0.15) is 0 Å². The Hall–Kier alpha value is -0.160. The number of nitrogens with two attached hydrogens (primary N) is 1. The number of rotatable bonds is 4. The fraction of sp³-hybridized carbons (Fsp3) is 1.00. The van der Waals surface area contributed by atoms with Crippen LogP contribution in [-0.2, 0) is 4.74 Å². The van der Waals surface area contributed by atoms with Gasteiger partial charge in [0.15, 0.2) is 0 Å². The minimum Gasteiger partial charge on any atom is -0.379 e. The van der Waals surface area contributed by atoms with Crippen LogP contribution in [0.4, 0.5) is 0 Å². The summed E-state index contributed by atoms with van der Waals surface area (Å²) in [5.74, 6) is 0. The molecule has 1 saturated heterocycles. The van der Waals surface area contributed by atoms with E-state index < -0.39 is 0 Å². The third-order valence-corrected chi connectivity index (χ3v) is 2.20. The Bertz CT molecular complexity index is 135. The van der Waals surface area contributed by atoms with Crippen molar-refractivity contribution in [3.8, 4) is 0 Å². The van der Waals surface area contributed by atoms with Crippen LogP contribution in [0, 0.1) is 0 Å². The standard InChI is InChI=1S/C9H21N3O/c1-11(2)7-9(10)8-12-3-5-13-6-4-12/h9H,3-8,10H2,1-2H3. The average molecular weight is 187 g/mol. The van der Waals surface area contributed by atoms with Crippen molar-refractivity contribution in [1.29, 1.82) is 0 Å². The van der Waals surface area contributed by atoms with E-state index in [1.807, 2.05) is 0 Å². The molecule has 0 aliphatic carbocycles. The minimum absolute atomic E-state index is 0.257. The van der Waals surface area contributed by atoms with Crippen LogP contribution in [0.15, 0.2) is 0 Å². The van der Waals surface area contributed by atoms with Gasteiger partial charge in [-0.15, -0.1) is 0 Å². The highest BCUT2D eigenvalue weighted by atomic mass is 16.5. The van der Waals surface area contributed by atoms with E-state index in [9.17, 15) is 0 Å². The van der Waals surface area contributed by atoms with E-state index in [1.165, 1.54) is 0 Å². The molecule has 0 aromatic rings. The van der Waals surface area contributed by atoms with Gasteiger partial charge in [-0.05, 0) is 14.1 Å². The molecule has 78 valence electrons. The predicted octanol–water partition coefficient (Wildman–Crippen LogP) is -0.792. The highest BCUT2D eigenvalue weighted by Crippen LogP contribution is 1.97. The number of hydrogen-bond donors (Lipinski definition) is 1. The molecule has 0 aromatic heterocycles. The van der Waals surface area contributed by atoms with Crippen LogP contribution in [0.1, 0.15) is 0 Å². The molecule has 0 spiro atoms. The number of hydrogen-bond acceptors (Lipinski definition) is 4. The van der Waals surface area contributed by atoms with Gasteiger partial charge in [-0.2, -0.15) is 0 Å². The average Bonchev–Trinajstić information content (AvgIpc) is 2.04. The van der Waals surface area contributed by atoms with Gasteiger partial charge in [0, 0.05) is 32.2 Å². The highest BCUT2D eigenvalue weighted by molar-refractivity contribution is 4.72. The smallest absolute Gasteiger partial charge is 0.0594 e.